The van der Waals surface area contributed by atoms with Crippen molar-refractivity contribution in [3.05, 3.63) is 71.3 Å². The predicted octanol–water partition coefficient (Wildman–Crippen LogP) is 2.57. The van der Waals surface area contributed by atoms with Gasteiger partial charge in [-0.25, -0.2) is 5.43 Å². The van der Waals surface area contributed by atoms with Gasteiger partial charge in [-0.2, -0.15) is 5.10 Å². The van der Waals surface area contributed by atoms with Gasteiger partial charge in [-0.1, -0.05) is 60.2 Å². The van der Waals surface area contributed by atoms with Gasteiger partial charge in [0.25, 0.3) is 5.91 Å². The molecule has 0 bridgehead atoms. The Bertz CT molecular complexity index is 651. The third kappa shape index (κ3) is 4.00. The highest BCUT2D eigenvalue weighted by Crippen LogP contribution is 2.12. The molecule has 0 heterocycles. The molecule has 2 aromatic carbocycles. The lowest BCUT2D eigenvalue weighted by Crippen LogP contribution is -2.26. The number of aliphatic hydroxyl groups excluding tert-OH is 1. The van der Waals surface area contributed by atoms with Crippen LogP contribution < -0.4 is 5.43 Å². The monoisotopic (exact) mass is 282 g/mol. The molecule has 2 N–H and O–H groups in total. The molecule has 0 aromatic heterocycles. The minimum atomic E-state index is -1.22. The number of amides is 1. The molecule has 108 valence electrons. The van der Waals surface area contributed by atoms with E-state index in [0.717, 1.165) is 11.1 Å². The summed E-state index contributed by atoms with van der Waals surface area (Å²) < 4.78 is 0. The zero-order valence-electron chi connectivity index (χ0n) is 12.1. The molecule has 0 aliphatic heterocycles. The third-order valence-corrected chi connectivity index (χ3v) is 3.13. The Kier molecular flexibility index (Phi) is 4.85. The van der Waals surface area contributed by atoms with Crippen LogP contribution in [-0.2, 0) is 4.79 Å². The summed E-state index contributed by atoms with van der Waals surface area (Å²) in [5.41, 5.74) is 5.68. The van der Waals surface area contributed by atoms with Gasteiger partial charge in [0.1, 0.15) is 0 Å². The first kappa shape index (κ1) is 14.9. The fraction of sp³-hybridized carbons (Fsp3) is 0.176. The zero-order valence-corrected chi connectivity index (χ0v) is 12.1. The second kappa shape index (κ2) is 6.81. The number of carbonyl (C=O) groups excluding carboxylic acids is 1. The Morgan fingerprint density at radius 1 is 1.14 bits per heavy atom. The van der Waals surface area contributed by atoms with Gasteiger partial charge in [0, 0.05) is 0 Å². The fourth-order valence-corrected chi connectivity index (χ4v) is 1.92. The second-order valence-electron chi connectivity index (χ2n) is 4.86. The van der Waals surface area contributed by atoms with Crippen LogP contribution in [0.15, 0.2) is 59.7 Å². The number of aryl methyl sites for hydroxylation is 1. The van der Waals surface area contributed by atoms with Crippen LogP contribution in [0.4, 0.5) is 0 Å². The molecule has 0 spiro atoms. The van der Waals surface area contributed by atoms with Gasteiger partial charge >= 0.3 is 0 Å². The molecule has 2 rings (SSSR count). The molecule has 4 heteroatoms. The number of benzene rings is 2. The second-order valence-corrected chi connectivity index (χ2v) is 4.86. The van der Waals surface area contributed by atoms with Crippen molar-refractivity contribution in [3.8, 4) is 0 Å². The van der Waals surface area contributed by atoms with Crippen LogP contribution >= 0.6 is 0 Å². The normalized spacial score (nSPS) is 12.8. The third-order valence-electron chi connectivity index (χ3n) is 3.13. The van der Waals surface area contributed by atoms with E-state index in [0.29, 0.717) is 11.3 Å². The van der Waals surface area contributed by atoms with Crippen LogP contribution in [0.3, 0.4) is 0 Å². The number of hydrazone groups is 1. The first-order valence-corrected chi connectivity index (χ1v) is 6.72. The van der Waals surface area contributed by atoms with E-state index in [1.165, 1.54) is 0 Å². The summed E-state index contributed by atoms with van der Waals surface area (Å²) in [6.45, 7) is 3.80. The Morgan fingerprint density at radius 3 is 2.52 bits per heavy atom. The van der Waals surface area contributed by atoms with Gasteiger partial charge in [-0.15, -0.1) is 0 Å². The van der Waals surface area contributed by atoms with Crippen molar-refractivity contribution in [3.63, 3.8) is 0 Å². The molecule has 1 atom stereocenters. The highest BCUT2D eigenvalue weighted by molar-refractivity contribution is 5.99. The number of hydrogen-bond donors (Lipinski definition) is 2. The maximum Gasteiger partial charge on any atom is 0.273 e. The van der Waals surface area contributed by atoms with Crippen LogP contribution in [0.25, 0.3) is 0 Å². The van der Waals surface area contributed by atoms with E-state index >= 15 is 0 Å². The highest BCUT2D eigenvalue weighted by Gasteiger charge is 2.16. The van der Waals surface area contributed by atoms with Gasteiger partial charge in [-0.3, -0.25) is 4.79 Å². The van der Waals surface area contributed by atoms with Crippen LogP contribution in [-0.4, -0.2) is 16.7 Å². The summed E-state index contributed by atoms with van der Waals surface area (Å²) in [5.74, 6) is -0.548. The summed E-state index contributed by atoms with van der Waals surface area (Å²) in [7, 11) is 0. The first-order chi connectivity index (χ1) is 10.1. The smallest absolute Gasteiger partial charge is 0.273 e. The molecule has 2 aromatic rings. The SMILES string of the molecule is CC(=NNC(=O)C(O)c1ccccc1)c1cccc(C)c1. The van der Waals surface area contributed by atoms with Crippen LogP contribution in [0, 0.1) is 6.92 Å². The van der Waals surface area contributed by atoms with Gasteiger partial charge < -0.3 is 5.11 Å². The highest BCUT2D eigenvalue weighted by atomic mass is 16.3. The van der Waals surface area contributed by atoms with E-state index in [-0.39, 0.29) is 0 Å². The lowest BCUT2D eigenvalue weighted by Gasteiger charge is -2.09. The van der Waals surface area contributed by atoms with Crippen LogP contribution in [0.5, 0.6) is 0 Å². The average molecular weight is 282 g/mol. The number of nitrogens with zero attached hydrogens (tertiary/aromatic N) is 1. The minimum absolute atomic E-state index is 0.540. The molecule has 21 heavy (non-hydrogen) atoms. The average Bonchev–Trinajstić information content (AvgIpc) is 2.52. The summed E-state index contributed by atoms with van der Waals surface area (Å²) in [4.78, 5) is 11.9. The predicted molar refractivity (Wildman–Crippen MR) is 82.9 cm³/mol. The first-order valence-electron chi connectivity index (χ1n) is 6.72. The zero-order chi connectivity index (χ0) is 15.2. The lowest BCUT2D eigenvalue weighted by molar-refractivity contribution is -0.129. The van der Waals surface area contributed by atoms with E-state index in [9.17, 15) is 9.90 Å². The van der Waals surface area contributed by atoms with Gasteiger partial charge in [0.15, 0.2) is 6.10 Å². The lowest BCUT2D eigenvalue weighted by atomic mass is 10.1. The van der Waals surface area contributed by atoms with E-state index in [2.05, 4.69) is 10.5 Å². The summed E-state index contributed by atoms with van der Waals surface area (Å²) in [6.07, 6.45) is -1.22. The minimum Gasteiger partial charge on any atom is -0.378 e. The van der Waals surface area contributed by atoms with Crippen molar-refractivity contribution < 1.29 is 9.90 Å². The van der Waals surface area contributed by atoms with E-state index < -0.39 is 12.0 Å². The number of rotatable bonds is 4. The Morgan fingerprint density at radius 2 is 1.86 bits per heavy atom. The molecule has 0 radical (unpaired) electrons. The molecule has 1 unspecified atom stereocenters. The van der Waals surface area contributed by atoms with Crippen molar-refractivity contribution in [2.75, 3.05) is 0 Å². The number of aliphatic hydroxyl groups is 1. The molecule has 0 saturated heterocycles. The van der Waals surface area contributed by atoms with Crippen molar-refractivity contribution in [2.24, 2.45) is 5.10 Å². The molecule has 0 fully saturated rings. The number of nitrogens with one attached hydrogen (secondary N) is 1. The fourth-order valence-electron chi connectivity index (χ4n) is 1.92. The van der Waals surface area contributed by atoms with Gasteiger partial charge in [0.2, 0.25) is 0 Å². The Hall–Kier alpha value is -2.46. The van der Waals surface area contributed by atoms with Crippen LogP contribution in [0.2, 0.25) is 0 Å². The molecule has 0 aliphatic carbocycles. The quantitative estimate of drug-likeness (QED) is 0.669. The van der Waals surface area contributed by atoms with Gasteiger partial charge in [0.05, 0.1) is 5.71 Å². The largest absolute Gasteiger partial charge is 0.378 e. The number of hydrogen-bond acceptors (Lipinski definition) is 3. The van der Waals surface area contributed by atoms with Crippen molar-refractivity contribution in [1.82, 2.24) is 5.43 Å². The van der Waals surface area contributed by atoms with E-state index in [4.69, 9.17) is 0 Å². The summed E-state index contributed by atoms with van der Waals surface area (Å²) >= 11 is 0. The maximum atomic E-state index is 11.9. The molecular weight excluding hydrogens is 264 g/mol. The summed E-state index contributed by atoms with van der Waals surface area (Å²) in [5, 5.41) is 14.0. The maximum absolute atomic E-state index is 11.9. The Labute approximate surface area is 124 Å². The molecule has 4 nitrogen and oxygen atoms in total. The van der Waals surface area contributed by atoms with Crippen LogP contribution in [0.1, 0.15) is 29.7 Å². The molecule has 0 saturated carbocycles. The summed E-state index contributed by atoms with van der Waals surface area (Å²) in [6, 6.07) is 16.6. The molecule has 0 aliphatic rings. The standard InChI is InChI=1S/C17H18N2O2/c1-12-7-6-10-15(11-12)13(2)18-19-17(21)16(20)14-8-4-3-5-9-14/h3-11,16,20H,1-2H3,(H,19,21). The number of carbonyl (C=O) groups is 1. The molecule has 1 amide bonds. The Balaban J connectivity index is 2.05. The van der Waals surface area contributed by atoms with Crippen molar-refractivity contribution in [1.29, 1.82) is 0 Å². The van der Waals surface area contributed by atoms with Gasteiger partial charge in [-0.05, 0) is 25.0 Å². The topological polar surface area (TPSA) is 61.7 Å². The van der Waals surface area contributed by atoms with Crippen molar-refractivity contribution >= 4 is 11.6 Å². The van der Waals surface area contributed by atoms with E-state index in [1.54, 1.807) is 24.3 Å². The molecular formula is C17H18N2O2. The van der Waals surface area contributed by atoms with E-state index in [1.807, 2.05) is 44.2 Å². The van der Waals surface area contributed by atoms with Crippen molar-refractivity contribution in [2.45, 2.75) is 20.0 Å².